The van der Waals surface area contributed by atoms with Gasteiger partial charge in [-0.2, -0.15) is 9.59 Å². The molecular formula is CHBrO2. The Hall–Kier alpha value is -0.140. The van der Waals surface area contributed by atoms with Crippen molar-refractivity contribution in [3.05, 3.63) is 0 Å². The van der Waals surface area contributed by atoms with Crippen molar-refractivity contribution in [3.63, 3.8) is 0 Å². The molecule has 2 nitrogen and oxygen atoms in total. The molecule has 0 atom stereocenters. The lowest BCUT2D eigenvalue weighted by Gasteiger charge is -0.945. The average Bonchev–Trinajstić information content (AvgIpc) is 0.918. The second kappa shape index (κ2) is 13.4. The number of rotatable bonds is 0. The molecule has 0 aromatic heterocycles. The largest absolute Gasteiger partial charge is 0.373 e. The molecule has 4 heavy (non-hydrogen) atoms. The highest BCUT2D eigenvalue weighted by Gasteiger charge is 1.13. The first kappa shape index (κ1) is 9.13. The zero-order valence-electron chi connectivity index (χ0n) is 1.72. The highest BCUT2D eigenvalue weighted by molar-refractivity contribution is 8.93. The maximum absolute atomic E-state index is 8.12. The summed E-state index contributed by atoms with van der Waals surface area (Å²) in [5, 5.41) is 0. The SMILES string of the molecule is Br.O=C=O. The fourth-order valence-corrected chi connectivity index (χ4v) is 0. The molecule has 0 aliphatic carbocycles. The highest BCUT2D eigenvalue weighted by atomic mass is 79.9. The van der Waals surface area contributed by atoms with Crippen molar-refractivity contribution in [2.75, 3.05) is 0 Å². The van der Waals surface area contributed by atoms with Gasteiger partial charge in [-0.3, -0.25) is 0 Å². The van der Waals surface area contributed by atoms with Crippen molar-refractivity contribution in [1.82, 2.24) is 0 Å². The van der Waals surface area contributed by atoms with E-state index in [-0.39, 0.29) is 23.1 Å². The fourth-order valence-electron chi connectivity index (χ4n) is 0. The van der Waals surface area contributed by atoms with Crippen LogP contribution in [0.5, 0.6) is 0 Å². The Morgan fingerprint density at radius 3 is 1.25 bits per heavy atom. The molecule has 0 N–H and O–H groups in total. The molecule has 0 aromatic carbocycles. The maximum atomic E-state index is 8.12. The van der Waals surface area contributed by atoms with Crippen LogP contribution in [0.25, 0.3) is 0 Å². The number of carbonyl (C=O) groups excluding carboxylic acids is 2. The Labute approximate surface area is 33.6 Å². The van der Waals surface area contributed by atoms with Crippen molar-refractivity contribution >= 4 is 23.1 Å². The lowest BCUT2D eigenvalue weighted by atomic mass is 11.8. The highest BCUT2D eigenvalue weighted by Crippen LogP contribution is 0.846. The second-order valence-electron chi connectivity index (χ2n) is 0.0833. The van der Waals surface area contributed by atoms with Gasteiger partial charge in [-0.05, 0) is 0 Å². The molecule has 0 saturated heterocycles. The van der Waals surface area contributed by atoms with Crippen molar-refractivity contribution in [3.8, 4) is 0 Å². The average molecular weight is 125 g/mol. The van der Waals surface area contributed by atoms with Gasteiger partial charge < -0.3 is 0 Å². The van der Waals surface area contributed by atoms with Gasteiger partial charge in [0, 0.05) is 0 Å². The summed E-state index contributed by atoms with van der Waals surface area (Å²) in [5.41, 5.74) is 0. The topological polar surface area (TPSA) is 34.1 Å². The smallest absolute Gasteiger partial charge is 0.186 e. The summed E-state index contributed by atoms with van der Waals surface area (Å²) in [5.74, 6) is 0. The molecule has 0 heterocycles. The number of halogens is 1. The van der Waals surface area contributed by atoms with E-state index in [9.17, 15) is 0 Å². The van der Waals surface area contributed by atoms with Crippen LogP contribution in [0.3, 0.4) is 0 Å². The van der Waals surface area contributed by atoms with Gasteiger partial charge >= 0.3 is 6.15 Å². The van der Waals surface area contributed by atoms with Gasteiger partial charge in [-0.1, -0.05) is 0 Å². The first-order chi connectivity index (χ1) is 1.41. The van der Waals surface area contributed by atoms with Crippen LogP contribution in [0.4, 0.5) is 0 Å². The van der Waals surface area contributed by atoms with Crippen LogP contribution in [0.1, 0.15) is 0 Å². The Morgan fingerprint density at radius 2 is 1.25 bits per heavy atom. The van der Waals surface area contributed by atoms with Crippen molar-refractivity contribution in [2.24, 2.45) is 0 Å². The first-order valence-electron chi connectivity index (χ1n) is 0.408. The van der Waals surface area contributed by atoms with E-state index in [1.807, 2.05) is 0 Å². The summed E-state index contributed by atoms with van der Waals surface area (Å²) in [6.07, 6.45) is 0.250. The van der Waals surface area contributed by atoms with Crippen LogP contribution in [0, 0.1) is 0 Å². The Kier molecular flexibility index (Phi) is 30.5. The van der Waals surface area contributed by atoms with E-state index >= 15 is 0 Å². The van der Waals surface area contributed by atoms with Crippen LogP contribution in [0.2, 0.25) is 0 Å². The predicted molar refractivity (Wildman–Crippen MR) is 15.3 cm³/mol. The molecule has 0 radical (unpaired) electrons. The molecule has 0 rings (SSSR count). The summed E-state index contributed by atoms with van der Waals surface area (Å²) in [7, 11) is 0. The molecule has 0 saturated carbocycles. The van der Waals surface area contributed by atoms with Gasteiger partial charge in [0.1, 0.15) is 0 Å². The van der Waals surface area contributed by atoms with E-state index in [2.05, 4.69) is 0 Å². The molecule has 0 aliphatic heterocycles. The quantitative estimate of drug-likeness (QED) is 0.456. The van der Waals surface area contributed by atoms with E-state index in [0.717, 1.165) is 0 Å². The number of hydrogen-bond donors (Lipinski definition) is 0. The monoisotopic (exact) mass is 124 g/mol. The third-order valence-corrected chi connectivity index (χ3v) is 0. The summed E-state index contributed by atoms with van der Waals surface area (Å²) < 4.78 is 0. The molecule has 0 spiro atoms. The third kappa shape index (κ3) is 70.2. The van der Waals surface area contributed by atoms with Gasteiger partial charge in [0.2, 0.25) is 0 Å². The lowest BCUT2D eigenvalue weighted by Crippen LogP contribution is -1.22. The van der Waals surface area contributed by atoms with Gasteiger partial charge in [-0.15, -0.1) is 17.0 Å². The van der Waals surface area contributed by atoms with Crippen molar-refractivity contribution < 1.29 is 9.59 Å². The normalized spacial score (nSPS) is 2.00. The van der Waals surface area contributed by atoms with E-state index in [1.54, 1.807) is 0 Å². The minimum atomic E-state index is 0. The molecule has 3 heteroatoms. The van der Waals surface area contributed by atoms with Gasteiger partial charge in [0.05, 0.1) is 0 Å². The predicted octanol–water partition coefficient (Wildman–Crippen LogP) is -0.00560. The van der Waals surface area contributed by atoms with Crippen LogP contribution >= 0.6 is 17.0 Å². The minimum absolute atomic E-state index is 0. The minimum Gasteiger partial charge on any atom is -0.186 e. The first-order valence-corrected chi connectivity index (χ1v) is 0.408. The van der Waals surface area contributed by atoms with Crippen molar-refractivity contribution in [1.29, 1.82) is 0 Å². The summed E-state index contributed by atoms with van der Waals surface area (Å²) >= 11 is 0. The van der Waals surface area contributed by atoms with Crippen LogP contribution in [-0.4, -0.2) is 6.15 Å². The third-order valence-electron chi connectivity index (χ3n) is 0. The molecule has 0 aliphatic rings. The second-order valence-corrected chi connectivity index (χ2v) is 0.0833. The van der Waals surface area contributed by atoms with Crippen LogP contribution < -0.4 is 0 Å². The Bertz CT molecular complexity index is 27.0. The van der Waals surface area contributed by atoms with E-state index in [0.29, 0.717) is 0 Å². The van der Waals surface area contributed by atoms with E-state index < -0.39 is 0 Å². The van der Waals surface area contributed by atoms with Crippen LogP contribution in [0.15, 0.2) is 0 Å². The van der Waals surface area contributed by atoms with Crippen LogP contribution in [-0.2, 0) is 9.59 Å². The van der Waals surface area contributed by atoms with Gasteiger partial charge in [-0.25, -0.2) is 0 Å². The Balaban J connectivity index is 0. The Morgan fingerprint density at radius 1 is 1.25 bits per heavy atom. The molecule has 0 unspecified atom stereocenters. The summed E-state index contributed by atoms with van der Waals surface area (Å²) in [6, 6.07) is 0. The number of hydrogen-bond acceptors (Lipinski definition) is 2. The summed E-state index contributed by atoms with van der Waals surface area (Å²) in [4.78, 5) is 16.2. The molecule has 0 aromatic rings. The molecule has 0 amide bonds. The molecule has 0 bridgehead atoms. The fraction of sp³-hybridized carbons (Fsp3) is 0. The zero-order valence-corrected chi connectivity index (χ0v) is 3.44. The van der Waals surface area contributed by atoms with E-state index in [4.69, 9.17) is 9.59 Å². The summed E-state index contributed by atoms with van der Waals surface area (Å²) in [6.45, 7) is 0. The van der Waals surface area contributed by atoms with E-state index in [1.165, 1.54) is 0 Å². The standard InChI is InChI=1S/CO2.BrH/c2-1-3;/h;1H. The molecule has 24 valence electrons. The maximum Gasteiger partial charge on any atom is 0.373 e. The van der Waals surface area contributed by atoms with Crippen molar-refractivity contribution in [2.45, 2.75) is 0 Å². The van der Waals surface area contributed by atoms with Gasteiger partial charge in [0.15, 0.2) is 0 Å². The van der Waals surface area contributed by atoms with Gasteiger partial charge in [0.25, 0.3) is 0 Å². The molecule has 0 fully saturated rings. The zero-order chi connectivity index (χ0) is 2.71. The lowest BCUT2D eigenvalue weighted by molar-refractivity contribution is -0.191. The molecular weight excluding hydrogens is 124 g/mol.